The summed E-state index contributed by atoms with van der Waals surface area (Å²) in [7, 11) is 1.33. The first-order valence-corrected chi connectivity index (χ1v) is 9.17. The highest BCUT2D eigenvalue weighted by Gasteiger charge is 2.23. The molecule has 1 aromatic heterocycles. The van der Waals surface area contributed by atoms with E-state index in [1.54, 1.807) is 36.5 Å². The van der Waals surface area contributed by atoms with Crippen LogP contribution in [-0.2, 0) is 20.8 Å². The third-order valence-electron chi connectivity index (χ3n) is 4.48. The number of hydrogen-bond acceptors (Lipinski definition) is 7. The van der Waals surface area contributed by atoms with E-state index in [1.165, 1.54) is 7.11 Å². The molecule has 0 radical (unpaired) electrons. The minimum Gasteiger partial charge on any atom is -0.465 e. The summed E-state index contributed by atoms with van der Waals surface area (Å²) in [6.45, 7) is 5.68. The highest BCUT2D eigenvalue weighted by atomic mass is 16.5. The zero-order chi connectivity index (χ0) is 20.1. The van der Waals surface area contributed by atoms with E-state index in [0.717, 1.165) is 24.3 Å². The number of nitrogens with zero attached hydrogens (tertiary/aromatic N) is 2. The molecule has 0 N–H and O–H groups in total. The van der Waals surface area contributed by atoms with Crippen LogP contribution in [0.4, 0.5) is 5.69 Å². The van der Waals surface area contributed by atoms with Gasteiger partial charge in [0.05, 0.1) is 24.9 Å². The Morgan fingerprint density at radius 2 is 1.79 bits per heavy atom. The molecule has 7 heteroatoms. The number of anilines is 1. The number of morpholine rings is 1. The zero-order valence-corrected chi connectivity index (χ0v) is 16.3. The lowest BCUT2D eigenvalue weighted by molar-refractivity contribution is -0.00522. The van der Waals surface area contributed by atoms with Gasteiger partial charge in [0.25, 0.3) is 0 Å². The van der Waals surface area contributed by atoms with Crippen LogP contribution in [0, 0.1) is 0 Å². The van der Waals surface area contributed by atoms with E-state index in [9.17, 15) is 9.59 Å². The first-order valence-electron chi connectivity index (χ1n) is 9.17. The highest BCUT2D eigenvalue weighted by molar-refractivity contribution is 5.89. The van der Waals surface area contributed by atoms with E-state index < -0.39 is 11.9 Å². The summed E-state index contributed by atoms with van der Waals surface area (Å²) in [5.74, 6) is -0.899. The number of ether oxygens (including phenoxy) is 3. The third-order valence-corrected chi connectivity index (χ3v) is 4.48. The molecule has 7 nitrogen and oxygen atoms in total. The quantitative estimate of drug-likeness (QED) is 0.734. The SMILES string of the molecule is COC(=O)c1ccc(COC(=O)c2cc(N3C[C@H](C)O[C@@H](C)C3)ccn2)cc1. The molecule has 0 bridgehead atoms. The Morgan fingerprint density at radius 3 is 2.43 bits per heavy atom. The molecule has 0 aliphatic carbocycles. The number of rotatable bonds is 5. The van der Waals surface area contributed by atoms with Crippen molar-refractivity contribution in [2.75, 3.05) is 25.1 Å². The average Bonchev–Trinajstić information content (AvgIpc) is 2.71. The lowest BCUT2D eigenvalue weighted by Gasteiger charge is -2.36. The average molecular weight is 384 g/mol. The van der Waals surface area contributed by atoms with E-state index in [-0.39, 0.29) is 24.5 Å². The first-order chi connectivity index (χ1) is 13.5. The Balaban J connectivity index is 1.62. The largest absolute Gasteiger partial charge is 0.465 e. The molecule has 148 valence electrons. The lowest BCUT2D eigenvalue weighted by atomic mass is 10.1. The molecule has 1 saturated heterocycles. The van der Waals surface area contributed by atoms with Crippen molar-refractivity contribution in [3.05, 3.63) is 59.4 Å². The molecule has 0 amide bonds. The second-order valence-corrected chi connectivity index (χ2v) is 6.83. The molecule has 1 aliphatic rings. The third kappa shape index (κ3) is 4.86. The predicted molar refractivity (Wildman–Crippen MR) is 103 cm³/mol. The van der Waals surface area contributed by atoms with Gasteiger partial charge in [-0.25, -0.2) is 14.6 Å². The van der Waals surface area contributed by atoms with Crippen molar-refractivity contribution in [2.24, 2.45) is 0 Å². The fourth-order valence-corrected chi connectivity index (χ4v) is 3.19. The highest BCUT2D eigenvalue weighted by Crippen LogP contribution is 2.21. The second kappa shape index (κ2) is 8.84. The summed E-state index contributed by atoms with van der Waals surface area (Å²) < 4.78 is 15.8. The number of pyridine rings is 1. The summed E-state index contributed by atoms with van der Waals surface area (Å²) >= 11 is 0. The molecule has 0 saturated carbocycles. The number of hydrogen-bond donors (Lipinski definition) is 0. The second-order valence-electron chi connectivity index (χ2n) is 6.83. The molecule has 0 spiro atoms. The Kier molecular flexibility index (Phi) is 6.26. The minimum atomic E-state index is -0.492. The molecular weight excluding hydrogens is 360 g/mol. The molecule has 2 aromatic rings. The molecule has 3 rings (SSSR count). The van der Waals surface area contributed by atoms with Gasteiger partial charge >= 0.3 is 11.9 Å². The van der Waals surface area contributed by atoms with Crippen LogP contribution in [0.5, 0.6) is 0 Å². The fraction of sp³-hybridized carbons (Fsp3) is 0.381. The topological polar surface area (TPSA) is 78.0 Å². The maximum absolute atomic E-state index is 12.4. The molecule has 1 fully saturated rings. The van der Waals surface area contributed by atoms with Gasteiger partial charge in [0, 0.05) is 25.0 Å². The van der Waals surface area contributed by atoms with Crippen molar-refractivity contribution in [3.63, 3.8) is 0 Å². The molecule has 1 aliphatic heterocycles. The van der Waals surface area contributed by atoms with Gasteiger partial charge in [-0.05, 0) is 43.7 Å². The molecule has 0 unspecified atom stereocenters. The van der Waals surface area contributed by atoms with Gasteiger partial charge < -0.3 is 19.1 Å². The standard InChI is InChI=1S/C21H24N2O5/c1-14-11-23(12-15(2)28-14)18-8-9-22-19(10-18)21(25)27-13-16-4-6-17(7-5-16)20(24)26-3/h4-10,14-15H,11-13H2,1-3H3/t14-,15-/m0/s1. The summed E-state index contributed by atoms with van der Waals surface area (Å²) in [5, 5.41) is 0. The molecular formula is C21H24N2O5. The van der Waals surface area contributed by atoms with Crippen molar-refractivity contribution < 1.29 is 23.8 Å². The van der Waals surface area contributed by atoms with Gasteiger partial charge in [0.2, 0.25) is 0 Å². The van der Waals surface area contributed by atoms with Crippen LogP contribution >= 0.6 is 0 Å². The number of esters is 2. The van der Waals surface area contributed by atoms with Crippen LogP contribution < -0.4 is 4.90 Å². The van der Waals surface area contributed by atoms with E-state index in [0.29, 0.717) is 5.56 Å². The minimum absolute atomic E-state index is 0.0951. The normalized spacial score (nSPS) is 19.2. The number of benzene rings is 1. The van der Waals surface area contributed by atoms with Crippen molar-refractivity contribution >= 4 is 17.6 Å². The maximum Gasteiger partial charge on any atom is 0.357 e. The summed E-state index contributed by atoms with van der Waals surface area (Å²) in [6.07, 6.45) is 1.86. The van der Waals surface area contributed by atoms with Gasteiger partial charge in [-0.15, -0.1) is 0 Å². The molecule has 2 heterocycles. The van der Waals surface area contributed by atoms with E-state index in [4.69, 9.17) is 9.47 Å². The van der Waals surface area contributed by atoms with Crippen LogP contribution in [0.3, 0.4) is 0 Å². The van der Waals surface area contributed by atoms with E-state index >= 15 is 0 Å². The number of methoxy groups -OCH3 is 1. The van der Waals surface area contributed by atoms with Crippen LogP contribution in [0.1, 0.15) is 40.3 Å². The zero-order valence-electron chi connectivity index (χ0n) is 16.3. The van der Waals surface area contributed by atoms with Gasteiger partial charge in [-0.2, -0.15) is 0 Å². The number of carbonyl (C=O) groups excluding carboxylic acids is 2. The number of aromatic nitrogens is 1. The van der Waals surface area contributed by atoms with E-state index in [1.807, 2.05) is 19.9 Å². The van der Waals surface area contributed by atoms with Gasteiger partial charge in [0.15, 0.2) is 0 Å². The molecule has 28 heavy (non-hydrogen) atoms. The van der Waals surface area contributed by atoms with Crippen molar-refractivity contribution in [1.29, 1.82) is 0 Å². The Bertz CT molecular complexity index is 827. The monoisotopic (exact) mass is 384 g/mol. The van der Waals surface area contributed by atoms with Gasteiger partial charge in [-0.1, -0.05) is 12.1 Å². The maximum atomic E-state index is 12.4. The first kappa shape index (κ1) is 19.8. The van der Waals surface area contributed by atoms with E-state index in [2.05, 4.69) is 14.6 Å². The molecule has 2 atom stereocenters. The van der Waals surface area contributed by atoms with Crippen LogP contribution in [0.2, 0.25) is 0 Å². The van der Waals surface area contributed by atoms with Crippen LogP contribution in [0.15, 0.2) is 42.6 Å². The summed E-state index contributed by atoms with van der Waals surface area (Å²) in [4.78, 5) is 30.2. The number of carbonyl (C=O) groups is 2. The van der Waals surface area contributed by atoms with Crippen molar-refractivity contribution in [1.82, 2.24) is 4.98 Å². The van der Waals surface area contributed by atoms with Crippen molar-refractivity contribution in [3.8, 4) is 0 Å². The predicted octanol–water partition coefficient (Wildman–Crippen LogP) is 2.84. The van der Waals surface area contributed by atoms with Gasteiger partial charge in [0.1, 0.15) is 12.3 Å². The fourth-order valence-electron chi connectivity index (χ4n) is 3.19. The Hall–Kier alpha value is -2.93. The van der Waals surface area contributed by atoms with Crippen LogP contribution in [-0.4, -0.2) is 49.3 Å². The van der Waals surface area contributed by atoms with Gasteiger partial charge in [-0.3, -0.25) is 0 Å². The summed E-state index contributed by atoms with van der Waals surface area (Å²) in [5.41, 5.74) is 2.40. The smallest absolute Gasteiger partial charge is 0.357 e. The van der Waals surface area contributed by atoms with Crippen molar-refractivity contribution in [2.45, 2.75) is 32.7 Å². The molecule has 1 aromatic carbocycles. The van der Waals surface area contributed by atoms with Crippen LogP contribution in [0.25, 0.3) is 0 Å². The lowest BCUT2D eigenvalue weighted by Crippen LogP contribution is -2.45. The Morgan fingerprint density at radius 1 is 1.11 bits per heavy atom. The Labute approximate surface area is 164 Å². The summed E-state index contributed by atoms with van der Waals surface area (Å²) in [6, 6.07) is 10.3.